The lowest BCUT2D eigenvalue weighted by Gasteiger charge is -1.85. The van der Waals surface area contributed by atoms with Crippen molar-refractivity contribution in [1.82, 2.24) is 0 Å². The molecule has 0 radical (unpaired) electrons. The zero-order valence-corrected chi connectivity index (χ0v) is 6.29. The molecule has 0 amide bonds. The predicted molar refractivity (Wildman–Crippen MR) is 34.9 cm³/mol. The molecule has 0 N–H and O–H groups in total. The molecule has 1 heterocycles. The molecule has 8 heavy (non-hydrogen) atoms. The minimum Gasteiger partial charge on any atom is -0.287 e. The van der Waals surface area contributed by atoms with E-state index < -0.39 is 0 Å². The molecular weight excluding hydrogens is 192 g/mol. The molecule has 44 valence electrons. The van der Waals surface area contributed by atoms with Gasteiger partial charge in [0.2, 0.25) is 5.12 Å². The smallest absolute Gasteiger partial charge is 0.210 e. The first kappa shape index (κ1) is 6.29. The van der Waals surface area contributed by atoms with Crippen LogP contribution in [0.1, 0.15) is 6.42 Å². The zero-order valence-electron chi connectivity index (χ0n) is 3.89. The Morgan fingerprint density at radius 3 is 2.38 bits per heavy atom. The minimum atomic E-state index is -0.222. The SMILES string of the molecule is O=C1CC(Br)C(=O)S1. The lowest BCUT2D eigenvalue weighted by atomic mass is 10.4. The summed E-state index contributed by atoms with van der Waals surface area (Å²) in [7, 11) is 0. The van der Waals surface area contributed by atoms with Crippen molar-refractivity contribution < 1.29 is 9.59 Å². The van der Waals surface area contributed by atoms with Crippen LogP contribution in [0.5, 0.6) is 0 Å². The lowest BCUT2D eigenvalue weighted by molar-refractivity contribution is -0.111. The average molecular weight is 195 g/mol. The standard InChI is InChI=1S/C4H3BrO2S/c5-2-1-3(6)8-4(2)7/h2H,1H2. The van der Waals surface area contributed by atoms with Crippen molar-refractivity contribution in [2.45, 2.75) is 11.2 Å². The summed E-state index contributed by atoms with van der Waals surface area (Å²) < 4.78 is 0. The maximum atomic E-state index is 10.5. The molecule has 0 spiro atoms. The Labute approximate surface area is 59.1 Å². The molecule has 0 saturated carbocycles. The Morgan fingerprint density at radius 2 is 2.25 bits per heavy atom. The first-order valence-electron chi connectivity index (χ1n) is 2.09. The number of carbonyl (C=O) groups is 2. The Kier molecular flexibility index (Phi) is 1.72. The van der Waals surface area contributed by atoms with E-state index in [0.29, 0.717) is 6.42 Å². The van der Waals surface area contributed by atoms with Gasteiger partial charge in [-0.05, 0) is 11.8 Å². The third-order valence-electron chi connectivity index (χ3n) is 0.816. The van der Waals surface area contributed by atoms with E-state index in [9.17, 15) is 9.59 Å². The van der Waals surface area contributed by atoms with Crippen LogP contribution in [0.25, 0.3) is 0 Å². The zero-order chi connectivity index (χ0) is 6.15. The van der Waals surface area contributed by atoms with E-state index >= 15 is 0 Å². The van der Waals surface area contributed by atoms with Gasteiger partial charge in [-0.15, -0.1) is 0 Å². The van der Waals surface area contributed by atoms with Crippen LogP contribution >= 0.6 is 27.7 Å². The number of rotatable bonds is 0. The van der Waals surface area contributed by atoms with Gasteiger partial charge < -0.3 is 0 Å². The van der Waals surface area contributed by atoms with Crippen molar-refractivity contribution in [2.75, 3.05) is 0 Å². The van der Waals surface area contributed by atoms with Crippen molar-refractivity contribution in [3.8, 4) is 0 Å². The van der Waals surface area contributed by atoms with Crippen LogP contribution in [-0.4, -0.2) is 15.1 Å². The second-order valence-electron chi connectivity index (χ2n) is 1.46. The summed E-state index contributed by atoms with van der Waals surface area (Å²) in [6, 6.07) is 0. The Hall–Kier alpha value is 0.170. The molecule has 1 aliphatic rings. The summed E-state index contributed by atoms with van der Waals surface area (Å²) in [5.41, 5.74) is 0. The summed E-state index contributed by atoms with van der Waals surface area (Å²) in [6.07, 6.45) is 0.351. The van der Waals surface area contributed by atoms with E-state index in [1.54, 1.807) is 0 Å². The van der Waals surface area contributed by atoms with Crippen LogP contribution in [0, 0.1) is 0 Å². The van der Waals surface area contributed by atoms with E-state index in [-0.39, 0.29) is 15.1 Å². The van der Waals surface area contributed by atoms with Crippen molar-refractivity contribution >= 4 is 37.9 Å². The quantitative estimate of drug-likeness (QED) is 0.539. The fraction of sp³-hybridized carbons (Fsp3) is 0.500. The molecule has 0 aromatic carbocycles. The van der Waals surface area contributed by atoms with Crippen molar-refractivity contribution in [1.29, 1.82) is 0 Å². The van der Waals surface area contributed by atoms with Crippen molar-refractivity contribution in [3.05, 3.63) is 0 Å². The molecule has 0 bridgehead atoms. The van der Waals surface area contributed by atoms with Gasteiger partial charge in [-0.1, -0.05) is 15.9 Å². The highest BCUT2D eigenvalue weighted by Gasteiger charge is 2.29. The maximum absolute atomic E-state index is 10.5. The van der Waals surface area contributed by atoms with Crippen LogP contribution < -0.4 is 0 Å². The van der Waals surface area contributed by atoms with Gasteiger partial charge in [0.05, 0.1) is 4.83 Å². The largest absolute Gasteiger partial charge is 0.287 e. The molecule has 1 aliphatic heterocycles. The first-order valence-corrected chi connectivity index (χ1v) is 3.82. The van der Waals surface area contributed by atoms with Gasteiger partial charge in [-0.3, -0.25) is 9.59 Å². The van der Waals surface area contributed by atoms with Gasteiger partial charge in [0.25, 0.3) is 0 Å². The Bertz CT molecular complexity index is 145. The second-order valence-corrected chi connectivity index (χ2v) is 3.63. The molecular formula is C4H3BrO2S. The molecule has 1 atom stereocenters. The molecule has 1 fully saturated rings. The van der Waals surface area contributed by atoms with Crippen LogP contribution in [0.3, 0.4) is 0 Å². The molecule has 0 aromatic rings. The average Bonchev–Trinajstić information content (AvgIpc) is 1.85. The van der Waals surface area contributed by atoms with Crippen LogP contribution in [0.2, 0.25) is 0 Å². The number of hydrogen-bond acceptors (Lipinski definition) is 3. The second kappa shape index (κ2) is 2.19. The van der Waals surface area contributed by atoms with Crippen LogP contribution in [0.15, 0.2) is 0 Å². The van der Waals surface area contributed by atoms with E-state index in [4.69, 9.17) is 0 Å². The summed E-state index contributed by atoms with van der Waals surface area (Å²) in [5.74, 6) is 0. The van der Waals surface area contributed by atoms with Crippen molar-refractivity contribution in [2.24, 2.45) is 0 Å². The van der Waals surface area contributed by atoms with Gasteiger partial charge in [-0.25, -0.2) is 0 Å². The highest BCUT2D eigenvalue weighted by atomic mass is 79.9. The first-order chi connectivity index (χ1) is 3.70. The molecule has 4 heteroatoms. The maximum Gasteiger partial charge on any atom is 0.210 e. The number of carbonyl (C=O) groups excluding carboxylic acids is 2. The summed E-state index contributed by atoms with van der Waals surface area (Å²) in [4.78, 5) is 20.6. The Balaban J connectivity index is 2.64. The van der Waals surface area contributed by atoms with Gasteiger partial charge in [0, 0.05) is 6.42 Å². The molecule has 1 rings (SSSR count). The fourth-order valence-corrected chi connectivity index (χ4v) is 1.92. The topological polar surface area (TPSA) is 34.1 Å². The molecule has 1 unspecified atom stereocenters. The van der Waals surface area contributed by atoms with Crippen molar-refractivity contribution in [3.63, 3.8) is 0 Å². The Morgan fingerprint density at radius 1 is 1.62 bits per heavy atom. The van der Waals surface area contributed by atoms with E-state index in [0.717, 1.165) is 11.8 Å². The number of thioether (sulfide) groups is 1. The molecule has 0 aliphatic carbocycles. The van der Waals surface area contributed by atoms with Gasteiger partial charge in [-0.2, -0.15) is 0 Å². The third-order valence-corrected chi connectivity index (χ3v) is 2.74. The van der Waals surface area contributed by atoms with Crippen LogP contribution in [-0.2, 0) is 9.59 Å². The fourth-order valence-electron chi connectivity index (χ4n) is 0.447. The van der Waals surface area contributed by atoms with Gasteiger partial charge in [0.1, 0.15) is 0 Å². The summed E-state index contributed by atoms with van der Waals surface area (Å²) in [5, 5.41) is -0.0909. The molecule has 0 aromatic heterocycles. The highest BCUT2D eigenvalue weighted by molar-refractivity contribution is 9.10. The highest BCUT2D eigenvalue weighted by Crippen LogP contribution is 2.26. The lowest BCUT2D eigenvalue weighted by Crippen LogP contribution is -1.99. The number of alkyl halides is 1. The number of halogens is 1. The predicted octanol–water partition coefficient (Wildman–Crippen LogP) is 0.940. The normalized spacial score (nSPS) is 29.4. The van der Waals surface area contributed by atoms with Crippen LogP contribution in [0.4, 0.5) is 0 Å². The summed E-state index contributed by atoms with van der Waals surface area (Å²) >= 11 is 3.86. The molecule has 2 nitrogen and oxygen atoms in total. The minimum absolute atomic E-state index is 0.0307. The monoisotopic (exact) mass is 194 g/mol. The molecule has 1 saturated heterocycles. The number of hydrogen-bond donors (Lipinski definition) is 0. The van der Waals surface area contributed by atoms with Gasteiger partial charge >= 0.3 is 0 Å². The van der Waals surface area contributed by atoms with E-state index in [1.165, 1.54) is 0 Å². The van der Waals surface area contributed by atoms with E-state index in [2.05, 4.69) is 15.9 Å². The van der Waals surface area contributed by atoms with E-state index in [1.807, 2.05) is 0 Å². The summed E-state index contributed by atoms with van der Waals surface area (Å²) in [6.45, 7) is 0. The third kappa shape index (κ3) is 1.11. The van der Waals surface area contributed by atoms with Gasteiger partial charge in [0.15, 0.2) is 5.12 Å².